The van der Waals surface area contributed by atoms with Gasteiger partial charge in [-0.15, -0.1) is 0 Å². The molecule has 0 bridgehead atoms. The summed E-state index contributed by atoms with van der Waals surface area (Å²) in [4.78, 5) is 11.1. The van der Waals surface area contributed by atoms with E-state index < -0.39 is 5.97 Å². The predicted molar refractivity (Wildman–Crippen MR) is 67.5 cm³/mol. The molecule has 1 aliphatic rings. The molecule has 0 saturated heterocycles. The lowest BCUT2D eigenvalue weighted by atomic mass is 9.97. The summed E-state index contributed by atoms with van der Waals surface area (Å²) < 4.78 is 10.9. The fourth-order valence-electron chi connectivity index (χ4n) is 2.27. The number of benzene rings is 1. The lowest BCUT2D eigenvalue weighted by molar-refractivity contribution is 0.0686. The molecule has 1 aromatic carbocycles. The van der Waals surface area contributed by atoms with E-state index >= 15 is 0 Å². The molecule has 1 fully saturated rings. The average molecular weight is 250 g/mol. The summed E-state index contributed by atoms with van der Waals surface area (Å²) >= 11 is 0. The standard InChI is InChI=1S/C14H18O4/c1-17-11-7-8-12(14(15)16)13(9-11)18-10-5-3-2-4-6-10/h7-10H,2-6H2,1H3,(H,15,16). The largest absolute Gasteiger partial charge is 0.497 e. The summed E-state index contributed by atoms with van der Waals surface area (Å²) in [5, 5.41) is 9.14. The number of aromatic carboxylic acids is 1. The van der Waals surface area contributed by atoms with Crippen LogP contribution in [0.25, 0.3) is 0 Å². The first kappa shape index (κ1) is 12.7. The van der Waals surface area contributed by atoms with E-state index in [1.807, 2.05) is 0 Å². The van der Waals surface area contributed by atoms with Gasteiger partial charge in [0.2, 0.25) is 0 Å². The SMILES string of the molecule is COc1ccc(C(=O)O)c(OC2CCCCC2)c1. The first-order valence-electron chi connectivity index (χ1n) is 6.28. The van der Waals surface area contributed by atoms with E-state index in [2.05, 4.69) is 0 Å². The van der Waals surface area contributed by atoms with E-state index in [1.165, 1.54) is 12.5 Å². The summed E-state index contributed by atoms with van der Waals surface area (Å²) in [7, 11) is 1.56. The number of hydrogen-bond acceptors (Lipinski definition) is 3. The van der Waals surface area contributed by atoms with Crippen molar-refractivity contribution in [2.24, 2.45) is 0 Å². The monoisotopic (exact) mass is 250 g/mol. The highest BCUT2D eigenvalue weighted by Crippen LogP contribution is 2.29. The smallest absolute Gasteiger partial charge is 0.339 e. The number of rotatable bonds is 4. The number of carboxylic acids is 1. The molecule has 4 nitrogen and oxygen atoms in total. The van der Waals surface area contributed by atoms with Gasteiger partial charge in [-0.1, -0.05) is 6.42 Å². The first-order valence-corrected chi connectivity index (χ1v) is 6.28. The third-order valence-electron chi connectivity index (χ3n) is 3.27. The van der Waals surface area contributed by atoms with E-state index in [9.17, 15) is 4.79 Å². The zero-order valence-electron chi connectivity index (χ0n) is 10.5. The van der Waals surface area contributed by atoms with Gasteiger partial charge in [-0.2, -0.15) is 0 Å². The van der Waals surface area contributed by atoms with Crippen LogP contribution < -0.4 is 9.47 Å². The lowest BCUT2D eigenvalue weighted by Crippen LogP contribution is -2.20. The van der Waals surface area contributed by atoms with Crippen molar-refractivity contribution in [2.75, 3.05) is 7.11 Å². The molecule has 0 amide bonds. The third-order valence-corrected chi connectivity index (χ3v) is 3.27. The zero-order chi connectivity index (χ0) is 13.0. The minimum atomic E-state index is -0.969. The molecule has 1 N–H and O–H groups in total. The Balaban J connectivity index is 2.19. The lowest BCUT2D eigenvalue weighted by Gasteiger charge is -2.24. The highest BCUT2D eigenvalue weighted by molar-refractivity contribution is 5.91. The summed E-state index contributed by atoms with van der Waals surface area (Å²) in [6.45, 7) is 0. The van der Waals surface area contributed by atoms with Crippen LogP contribution in [0.5, 0.6) is 11.5 Å². The van der Waals surface area contributed by atoms with Crippen molar-refractivity contribution >= 4 is 5.97 Å². The van der Waals surface area contributed by atoms with E-state index in [4.69, 9.17) is 14.6 Å². The maximum atomic E-state index is 11.1. The molecule has 98 valence electrons. The van der Waals surface area contributed by atoms with E-state index in [-0.39, 0.29) is 11.7 Å². The molecule has 0 unspecified atom stereocenters. The molecule has 2 rings (SSSR count). The van der Waals surface area contributed by atoms with Crippen LogP contribution in [0.1, 0.15) is 42.5 Å². The predicted octanol–water partition coefficient (Wildman–Crippen LogP) is 3.10. The molecule has 1 aromatic rings. The topological polar surface area (TPSA) is 55.8 Å². The van der Waals surface area contributed by atoms with Crippen LogP contribution in [0.2, 0.25) is 0 Å². The second-order valence-corrected chi connectivity index (χ2v) is 4.55. The molecule has 1 aliphatic carbocycles. The normalized spacial score (nSPS) is 16.3. The van der Waals surface area contributed by atoms with Crippen LogP contribution in [0.3, 0.4) is 0 Å². The van der Waals surface area contributed by atoms with Crippen LogP contribution in [-0.2, 0) is 0 Å². The second kappa shape index (κ2) is 5.76. The van der Waals surface area contributed by atoms with Crippen LogP contribution in [0.15, 0.2) is 18.2 Å². The van der Waals surface area contributed by atoms with Crippen molar-refractivity contribution in [1.29, 1.82) is 0 Å². The van der Waals surface area contributed by atoms with Crippen molar-refractivity contribution in [3.63, 3.8) is 0 Å². The highest BCUT2D eigenvalue weighted by Gasteiger charge is 2.19. The second-order valence-electron chi connectivity index (χ2n) is 4.55. The Labute approximate surface area is 107 Å². The molecule has 0 aromatic heterocycles. The van der Waals surface area contributed by atoms with Gasteiger partial charge in [-0.3, -0.25) is 0 Å². The van der Waals surface area contributed by atoms with Gasteiger partial charge in [0.25, 0.3) is 0 Å². The molecular weight excluding hydrogens is 232 g/mol. The van der Waals surface area contributed by atoms with E-state index in [0.717, 1.165) is 25.7 Å². The van der Waals surface area contributed by atoms with Crippen LogP contribution in [-0.4, -0.2) is 24.3 Å². The van der Waals surface area contributed by atoms with Crippen LogP contribution >= 0.6 is 0 Å². The van der Waals surface area contributed by atoms with Gasteiger partial charge < -0.3 is 14.6 Å². The molecule has 0 aliphatic heterocycles. The van der Waals surface area contributed by atoms with Crippen molar-refractivity contribution in [2.45, 2.75) is 38.2 Å². The molecule has 0 heterocycles. The molecule has 4 heteroatoms. The fraction of sp³-hybridized carbons (Fsp3) is 0.500. The summed E-state index contributed by atoms with van der Waals surface area (Å²) in [5.74, 6) is 0.0584. The molecular formula is C14H18O4. The average Bonchev–Trinajstić information content (AvgIpc) is 2.39. The van der Waals surface area contributed by atoms with Crippen LogP contribution in [0.4, 0.5) is 0 Å². The highest BCUT2D eigenvalue weighted by atomic mass is 16.5. The molecule has 0 atom stereocenters. The van der Waals surface area contributed by atoms with Gasteiger partial charge in [-0.25, -0.2) is 4.79 Å². The quantitative estimate of drug-likeness (QED) is 0.892. The van der Waals surface area contributed by atoms with Crippen molar-refractivity contribution < 1.29 is 19.4 Å². The maximum Gasteiger partial charge on any atom is 0.339 e. The fourth-order valence-corrected chi connectivity index (χ4v) is 2.27. The summed E-state index contributed by atoms with van der Waals surface area (Å²) in [6, 6.07) is 4.81. The summed E-state index contributed by atoms with van der Waals surface area (Å²) in [6.07, 6.45) is 5.66. The molecule has 18 heavy (non-hydrogen) atoms. The van der Waals surface area contributed by atoms with Crippen molar-refractivity contribution in [3.05, 3.63) is 23.8 Å². The Bertz CT molecular complexity index is 422. The molecule has 0 radical (unpaired) electrons. The van der Waals surface area contributed by atoms with Gasteiger partial charge in [0.05, 0.1) is 13.2 Å². The van der Waals surface area contributed by atoms with Crippen LogP contribution in [0, 0.1) is 0 Å². The Morgan fingerprint density at radius 1 is 1.28 bits per heavy atom. The van der Waals surface area contributed by atoms with Crippen molar-refractivity contribution in [3.8, 4) is 11.5 Å². The number of methoxy groups -OCH3 is 1. The molecule has 1 saturated carbocycles. The van der Waals surface area contributed by atoms with Gasteiger partial charge in [0.1, 0.15) is 17.1 Å². The Morgan fingerprint density at radius 3 is 2.61 bits per heavy atom. The number of ether oxygens (including phenoxy) is 2. The molecule has 0 spiro atoms. The van der Waals surface area contributed by atoms with E-state index in [1.54, 1.807) is 19.2 Å². The Morgan fingerprint density at radius 2 is 2.00 bits per heavy atom. The van der Waals surface area contributed by atoms with E-state index in [0.29, 0.717) is 11.5 Å². The number of carboxylic acid groups (broad SMARTS) is 1. The summed E-state index contributed by atoms with van der Waals surface area (Å²) in [5.41, 5.74) is 0.196. The van der Waals surface area contributed by atoms with Crippen molar-refractivity contribution in [1.82, 2.24) is 0 Å². The van der Waals surface area contributed by atoms with Gasteiger partial charge in [0, 0.05) is 6.07 Å². The Hall–Kier alpha value is -1.71. The van der Waals surface area contributed by atoms with Gasteiger partial charge >= 0.3 is 5.97 Å². The first-order chi connectivity index (χ1) is 8.70. The zero-order valence-corrected chi connectivity index (χ0v) is 10.5. The maximum absolute atomic E-state index is 11.1. The number of hydrogen-bond donors (Lipinski definition) is 1. The Kier molecular flexibility index (Phi) is 4.07. The van der Waals surface area contributed by atoms with Gasteiger partial charge in [-0.05, 0) is 37.8 Å². The minimum absolute atomic E-state index is 0.129. The number of carbonyl (C=O) groups is 1. The third kappa shape index (κ3) is 2.94. The van der Waals surface area contributed by atoms with Gasteiger partial charge in [0.15, 0.2) is 0 Å². The minimum Gasteiger partial charge on any atom is -0.497 e.